The van der Waals surface area contributed by atoms with Crippen LogP contribution in [0.3, 0.4) is 0 Å². The van der Waals surface area contributed by atoms with Crippen molar-refractivity contribution < 1.29 is 35.9 Å². The summed E-state index contributed by atoms with van der Waals surface area (Å²) in [4.78, 5) is 13.0. The fraction of sp³-hybridized carbons (Fsp3) is 0.447. The second-order valence-electron chi connectivity index (χ2n) is 12.6. The highest BCUT2D eigenvalue weighted by atomic mass is 19.2. The molecule has 8 heteroatoms. The average Bonchev–Trinajstić information content (AvgIpc) is 3.06. The molecule has 246 valence electrons. The van der Waals surface area contributed by atoms with E-state index in [9.17, 15) is 22.4 Å². The Labute approximate surface area is 266 Å². The van der Waals surface area contributed by atoms with E-state index in [1.165, 1.54) is 24.3 Å². The Morgan fingerprint density at radius 1 is 0.696 bits per heavy atom. The van der Waals surface area contributed by atoms with E-state index in [4.69, 9.17) is 4.74 Å². The van der Waals surface area contributed by atoms with Crippen LogP contribution in [0.15, 0.2) is 42.5 Å². The quantitative estimate of drug-likeness (QED) is 0.125. The number of benzene rings is 3. The lowest BCUT2D eigenvalue weighted by Crippen LogP contribution is -2.28. The van der Waals surface area contributed by atoms with Gasteiger partial charge in [0, 0.05) is 23.1 Å². The van der Waals surface area contributed by atoms with Gasteiger partial charge in [0.2, 0.25) is 0 Å². The molecule has 1 atom stereocenters. The summed E-state index contributed by atoms with van der Waals surface area (Å²) in [6.07, 6.45) is 8.10. The lowest BCUT2D eigenvalue weighted by molar-refractivity contribution is -0.155. The molecule has 2 aliphatic rings. The van der Waals surface area contributed by atoms with Gasteiger partial charge in [-0.2, -0.15) is 0 Å². The third-order valence-corrected chi connectivity index (χ3v) is 9.65. The van der Waals surface area contributed by atoms with Crippen LogP contribution < -0.4 is 0 Å². The first-order valence-corrected chi connectivity index (χ1v) is 16.5. The summed E-state index contributed by atoms with van der Waals surface area (Å²) in [6, 6.07) is 8.64. The van der Waals surface area contributed by atoms with Crippen LogP contribution in [-0.2, 0) is 22.4 Å². The van der Waals surface area contributed by atoms with Crippen molar-refractivity contribution in [3.63, 3.8) is 0 Å². The molecule has 1 saturated carbocycles. The van der Waals surface area contributed by atoms with Crippen LogP contribution in [0.1, 0.15) is 106 Å². The van der Waals surface area contributed by atoms with Gasteiger partial charge in [-0.3, -0.25) is 4.79 Å². The third kappa shape index (κ3) is 7.06. The van der Waals surface area contributed by atoms with Crippen LogP contribution in [-0.4, -0.2) is 12.1 Å². The summed E-state index contributed by atoms with van der Waals surface area (Å²) >= 11 is 0. The van der Waals surface area contributed by atoms with Crippen molar-refractivity contribution in [3.8, 4) is 11.1 Å². The Morgan fingerprint density at radius 2 is 1.30 bits per heavy atom. The van der Waals surface area contributed by atoms with Crippen molar-refractivity contribution in [2.45, 2.75) is 103 Å². The van der Waals surface area contributed by atoms with Crippen molar-refractivity contribution >= 4 is 11.5 Å². The molecule has 46 heavy (non-hydrogen) atoms. The Balaban J connectivity index is 1.16. The molecular weight excluding hydrogens is 602 g/mol. The van der Waals surface area contributed by atoms with E-state index in [1.807, 2.05) is 6.08 Å². The SMILES string of the molecule is CCCCCc1ccc(C2=CCC(OC(=O)C3CCC(c4ccc(-c5ccc(CC)c(F)c5F)c(F)c4F)CC3)CC2)c(F)c1F. The first-order valence-electron chi connectivity index (χ1n) is 16.5. The number of hydrogen-bond donors (Lipinski definition) is 0. The van der Waals surface area contributed by atoms with Gasteiger partial charge in [-0.1, -0.05) is 69.2 Å². The highest BCUT2D eigenvalue weighted by Crippen LogP contribution is 2.40. The fourth-order valence-corrected chi connectivity index (χ4v) is 6.82. The molecule has 0 N–H and O–H groups in total. The number of aryl methyl sites for hydroxylation is 2. The zero-order valence-electron chi connectivity index (χ0n) is 26.3. The first-order chi connectivity index (χ1) is 22.1. The molecule has 5 rings (SSSR count). The number of esters is 1. The Kier molecular flexibility index (Phi) is 11.0. The molecule has 3 aromatic rings. The van der Waals surface area contributed by atoms with E-state index in [0.29, 0.717) is 62.5 Å². The number of carbonyl (C=O) groups excluding carboxylic acids is 1. The lowest BCUT2D eigenvalue weighted by Gasteiger charge is -2.30. The first kappa shape index (κ1) is 33.8. The molecular formula is C38H40F6O2. The number of allylic oxidation sites excluding steroid dienone is 1. The van der Waals surface area contributed by atoms with E-state index in [1.54, 1.807) is 19.1 Å². The van der Waals surface area contributed by atoms with E-state index in [0.717, 1.165) is 19.3 Å². The molecule has 3 aromatic carbocycles. The number of rotatable bonds is 10. The van der Waals surface area contributed by atoms with E-state index < -0.39 is 34.9 Å². The normalized spacial score (nSPS) is 20.0. The average molecular weight is 643 g/mol. The van der Waals surface area contributed by atoms with Crippen molar-refractivity contribution in [1.29, 1.82) is 0 Å². The maximum Gasteiger partial charge on any atom is 0.309 e. The van der Waals surface area contributed by atoms with Gasteiger partial charge < -0.3 is 4.74 Å². The summed E-state index contributed by atoms with van der Waals surface area (Å²) in [5.74, 6) is -7.25. The van der Waals surface area contributed by atoms with E-state index in [2.05, 4.69) is 6.92 Å². The molecule has 2 aliphatic carbocycles. The van der Waals surface area contributed by atoms with Gasteiger partial charge in [0.25, 0.3) is 0 Å². The summed E-state index contributed by atoms with van der Waals surface area (Å²) in [5.41, 5.74) is 0.989. The van der Waals surface area contributed by atoms with Crippen LogP contribution in [0, 0.1) is 40.8 Å². The summed E-state index contributed by atoms with van der Waals surface area (Å²) < 4.78 is 94.6. The van der Waals surface area contributed by atoms with Crippen LogP contribution in [0.25, 0.3) is 16.7 Å². The summed E-state index contributed by atoms with van der Waals surface area (Å²) in [5, 5.41) is 0. The van der Waals surface area contributed by atoms with Gasteiger partial charge in [-0.25, -0.2) is 26.3 Å². The number of unbranched alkanes of at least 4 members (excludes halogenated alkanes) is 2. The second kappa shape index (κ2) is 14.9. The lowest BCUT2D eigenvalue weighted by atomic mass is 9.78. The minimum Gasteiger partial charge on any atom is -0.462 e. The predicted octanol–water partition coefficient (Wildman–Crippen LogP) is 10.9. The summed E-state index contributed by atoms with van der Waals surface area (Å²) in [7, 11) is 0. The minimum atomic E-state index is -1.23. The van der Waals surface area contributed by atoms with Gasteiger partial charge in [0.05, 0.1) is 5.92 Å². The molecule has 0 spiro atoms. The molecule has 0 amide bonds. The Bertz CT molecular complexity index is 1610. The number of carbonyl (C=O) groups is 1. The fourth-order valence-electron chi connectivity index (χ4n) is 6.82. The molecule has 0 aromatic heterocycles. The summed E-state index contributed by atoms with van der Waals surface area (Å²) in [6.45, 7) is 3.73. The zero-order valence-corrected chi connectivity index (χ0v) is 26.3. The zero-order chi connectivity index (χ0) is 33.0. The van der Waals surface area contributed by atoms with Crippen LogP contribution in [0.4, 0.5) is 26.3 Å². The third-order valence-electron chi connectivity index (χ3n) is 9.65. The van der Waals surface area contributed by atoms with Crippen molar-refractivity contribution in [1.82, 2.24) is 0 Å². The van der Waals surface area contributed by atoms with E-state index in [-0.39, 0.29) is 58.1 Å². The van der Waals surface area contributed by atoms with Crippen LogP contribution in [0.2, 0.25) is 0 Å². The molecule has 2 nitrogen and oxygen atoms in total. The molecule has 0 aliphatic heterocycles. The van der Waals surface area contributed by atoms with Gasteiger partial charge in [-0.05, 0) is 86.0 Å². The molecule has 1 fully saturated rings. The second-order valence-corrected chi connectivity index (χ2v) is 12.6. The number of ether oxygens (including phenoxy) is 1. The number of hydrogen-bond acceptors (Lipinski definition) is 2. The predicted molar refractivity (Wildman–Crippen MR) is 167 cm³/mol. The number of halogens is 6. The van der Waals surface area contributed by atoms with Gasteiger partial charge in [0.15, 0.2) is 34.9 Å². The standard InChI is InChI=1S/C38H40F6O2/c1-3-5-6-7-25-15-18-28(34(41)33(25)40)24-12-16-27(17-13-24)46-38(45)26-10-8-23(9-11-26)29-20-21-31(37(44)35(29)42)30-19-14-22(4-2)32(39)36(30)43/h12,14-15,18-21,23,26-27H,3-11,13,16-17H2,1-2H3. The smallest absolute Gasteiger partial charge is 0.309 e. The van der Waals surface area contributed by atoms with Crippen molar-refractivity contribution in [2.24, 2.45) is 5.92 Å². The minimum absolute atomic E-state index is 0.154. The highest BCUT2D eigenvalue weighted by molar-refractivity contribution is 5.73. The topological polar surface area (TPSA) is 26.3 Å². The van der Waals surface area contributed by atoms with Gasteiger partial charge in [-0.15, -0.1) is 0 Å². The monoisotopic (exact) mass is 642 g/mol. The van der Waals surface area contributed by atoms with Crippen molar-refractivity contribution in [3.05, 3.63) is 99.6 Å². The highest BCUT2D eigenvalue weighted by Gasteiger charge is 2.32. The Morgan fingerprint density at radius 3 is 1.96 bits per heavy atom. The van der Waals surface area contributed by atoms with Crippen molar-refractivity contribution in [2.75, 3.05) is 0 Å². The molecule has 0 saturated heterocycles. The maximum absolute atomic E-state index is 15.2. The van der Waals surface area contributed by atoms with Gasteiger partial charge in [0.1, 0.15) is 6.10 Å². The molecule has 1 unspecified atom stereocenters. The van der Waals surface area contributed by atoms with E-state index >= 15 is 8.78 Å². The van der Waals surface area contributed by atoms with Crippen LogP contribution >= 0.6 is 0 Å². The Hall–Kier alpha value is -3.55. The molecule has 0 radical (unpaired) electrons. The molecule has 0 bridgehead atoms. The largest absolute Gasteiger partial charge is 0.462 e. The van der Waals surface area contributed by atoms with Gasteiger partial charge >= 0.3 is 5.97 Å². The maximum atomic E-state index is 15.2. The molecule has 0 heterocycles. The van der Waals surface area contributed by atoms with Crippen LogP contribution in [0.5, 0.6) is 0 Å².